The summed E-state index contributed by atoms with van der Waals surface area (Å²) in [5.74, 6) is 0.176. The number of hydrogen-bond donors (Lipinski definition) is 0. The topological polar surface area (TPSA) is 20.3 Å². The molecule has 78 valence electrons. The molecule has 14 heavy (non-hydrogen) atoms. The third kappa shape index (κ3) is 2.84. The molecule has 0 aliphatic rings. The van der Waals surface area contributed by atoms with Gasteiger partial charge in [-0.2, -0.15) is 11.3 Å². The normalized spacial score (nSPS) is 10.1. The van der Waals surface area contributed by atoms with Gasteiger partial charge < -0.3 is 4.90 Å². The average molecular weight is 211 g/mol. The van der Waals surface area contributed by atoms with E-state index in [-0.39, 0.29) is 5.91 Å². The lowest BCUT2D eigenvalue weighted by Crippen LogP contribution is -2.32. The zero-order chi connectivity index (χ0) is 10.4. The van der Waals surface area contributed by atoms with Crippen LogP contribution in [0.4, 0.5) is 0 Å². The number of nitrogens with zero attached hydrogens (tertiary/aromatic N) is 1. The Morgan fingerprint density at radius 3 is 2.43 bits per heavy atom. The van der Waals surface area contributed by atoms with Gasteiger partial charge in [-0.05, 0) is 24.3 Å². The fourth-order valence-corrected chi connectivity index (χ4v) is 2.05. The number of carbonyl (C=O) groups is 1. The monoisotopic (exact) mass is 211 g/mol. The standard InChI is InChI=1S/C11H17NOS/c1-3-6-12(7-4-2)11(13)10-5-8-14-9-10/h5,8-9H,3-4,6-7H2,1-2H3. The van der Waals surface area contributed by atoms with Gasteiger partial charge in [0.2, 0.25) is 0 Å². The molecule has 0 N–H and O–H groups in total. The van der Waals surface area contributed by atoms with Crippen molar-refractivity contribution in [3.05, 3.63) is 22.4 Å². The summed E-state index contributed by atoms with van der Waals surface area (Å²) >= 11 is 1.57. The van der Waals surface area contributed by atoms with Crippen molar-refractivity contribution in [2.75, 3.05) is 13.1 Å². The zero-order valence-corrected chi connectivity index (χ0v) is 9.64. The van der Waals surface area contributed by atoms with Crippen LogP contribution in [0, 0.1) is 0 Å². The number of amides is 1. The highest BCUT2D eigenvalue weighted by molar-refractivity contribution is 7.08. The first-order valence-electron chi connectivity index (χ1n) is 5.11. The predicted octanol–water partition coefficient (Wildman–Crippen LogP) is 3.01. The Bertz CT molecular complexity index is 263. The van der Waals surface area contributed by atoms with E-state index in [1.54, 1.807) is 11.3 Å². The lowest BCUT2D eigenvalue weighted by molar-refractivity contribution is 0.0756. The van der Waals surface area contributed by atoms with E-state index in [2.05, 4.69) is 13.8 Å². The Morgan fingerprint density at radius 1 is 1.36 bits per heavy atom. The molecule has 0 aromatic carbocycles. The lowest BCUT2D eigenvalue weighted by atomic mass is 10.2. The van der Waals surface area contributed by atoms with E-state index >= 15 is 0 Å². The van der Waals surface area contributed by atoms with Gasteiger partial charge in [0.1, 0.15) is 0 Å². The summed E-state index contributed by atoms with van der Waals surface area (Å²) in [6.45, 7) is 5.93. The summed E-state index contributed by atoms with van der Waals surface area (Å²) in [6, 6.07) is 1.89. The van der Waals surface area contributed by atoms with Crippen molar-refractivity contribution in [2.24, 2.45) is 0 Å². The molecule has 1 aromatic rings. The molecule has 1 aromatic heterocycles. The van der Waals surface area contributed by atoms with Gasteiger partial charge in [0.25, 0.3) is 5.91 Å². The fourth-order valence-electron chi connectivity index (χ4n) is 1.42. The summed E-state index contributed by atoms with van der Waals surface area (Å²) < 4.78 is 0. The highest BCUT2D eigenvalue weighted by atomic mass is 32.1. The van der Waals surface area contributed by atoms with Crippen molar-refractivity contribution < 1.29 is 4.79 Å². The largest absolute Gasteiger partial charge is 0.339 e. The molecule has 0 fully saturated rings. The minimum absolute atomic E-state index is 0.176. The molecule has 0 bridgehead atoms. The summed E-state index contributed by atoms with van der Waals surface area (Å²) in [5, 5.41) is 3.87. The van der Waals surface area contributed by atoms with E-state index in [0.29, 0.717) is 0 Å². The number of rotatable bonds is 5. The Labute approximate surface area is 89.5 Å². The van der Waals surface area contributed by atoms with E-state index in [9.17, 15) is 4.79 Å². The van der Waals surface area contributed by atoms with Gasteiger partial charge in [-0.15, -0.1) is 0 Å². The van der Waals surface area contributed by atoms with Crippen LogP contribution in [-0.4, -0.2) is 23.9 Å². The maximum Gasteiger partial charge on any atom is 0.254 e. The summed E-state index contributed by atoms with van der Waals surface area (Å²) in [6.07, 6.45) is 2.05. The molecular formula is C11H17NOS. The van der Waals surface area contributed by atoms with Gasteiger partial charge in [-0.25, -0.2) is 0 Å². The van der Waals surface area contributed by atoms with Crippen molar-refractivity contribution in [3.63, 3.8) is 0 Å². The molecule has 0 saturated heterocycles. The molecule has 0 spiro atoms. The molecule has 0 radical (unpaired) electrons. The van der Waals surface area contributed by atoms with E-state index in [4.69, 9.17) is 0 Å². The van der Waals surface area contributed by atoms with Gasteiger partial charge in [-0.3, -0.25) is 4.79 Å². The molecule has 1 amide bonds. The van der Waals surface area contributed by atoms with Crippen LogP contribution < -0.4 is 0 Å². The summed E-state index contributed by atoms with van der Waals surface area (Å²) in [7, 11) is 0. The van der Waals surface area contributed by atoms with Gasteiger partial charge in [0.15, 0.2) is 0 Å². The Morgan fingerprint density at radius 2 is 2.00 bits per heavy atom. The van der Waals surface area contributed by atoms with Gasteiger partial charge in [-0.1, -0.05) is 13.8 Å². The third-order valence-electron chi connectivity index (χ3n) is 2.04. The molecule has 3 heteroatoms. The fraction of sp³-hybridized carbons (Fsp3) is 0.545. The highest BCUT2D eigenvalue weighted by Gasteiger charge is 2.13. The van der Waals surface area contributed by atoms with Crippen LogP contribution >= 0.6 is 11.3 Å². The van der Waals surface area contributed by atoms with Crippen LogP contribution in [0.1, 0.15) is 37.0 Å². The zero-order valence-electron chi connectivity index (χ0n) is 8.82. The van der Waals surface area contributed by atoms with Crippen molar-refractivity contribution in [2.45, 2.75) is 26.7 Å². The smallest absolute Gasteiger partial charge is 0.254 e. The van der Waals surface area contributed by atoms with Crippen molar-refractivity contribution in [1.29, 1.82) is 0 Å². The first-order valence-corrected chi connectivity index (χ1v) is 6.05. The van der Waals surface area contributed by atoms with Crippen molar-refractivity contribution in [3.8, 4) is 0 Å². The van der Waals surface area contributed by atoms with Crippen molar-refractivity contribution >= 4 is 17.2 Å². The second-order valence-corrected chi connectivity index (χ2v) is 4.08. The van der Waals surface area contributed by atoms with Crippen LogP contribution in [0.3, 0.4) is 0 Å². The first kappa shape index (κ1) is 11.2. The summed E-state index contributed by atoms with van der Waals surface area (Å²) in [5.41, 5.74) is 0.830. The van der Waals surface area contributed by atoms with E-state index < -0.39 is 0 Å². The number of carbonyl (C=O) groups excluding carboxylic acids is 1. The third-order valence-corrected chi connectivity index (χ3v) is 2.73. The van der Waals surface area contributed by atoms with Crippen LogP contribution in [0.25, 0.3) is 0 Å². The molecule has 0 atom stereocenters. The Hall–Kier alpha value is -0.830. The molecule has 0 aliphatic carbocycles. The van der Waals surface area contributed by atoms with Crippen LogP contribution in [0.2, 0.25) is 0 Å². The average Bonchev–Trinajstić information content (AvgIpc) is 2.69. The molecule has 0 saturated carbocycles. The lowest BCUT2D eigenvalue weighted by Gasteiger charge is -2.20. The van der Waals surface area contributed by atoms with E-state index in [0.717, 1.165) is 31.5 Å². The van der Waals surface area contributed by atoms with Gasteiger partial charge >= 0.3 is 0 Å². The Balaban J connectivity index is 2.63. The SMILES string of the molecule is CCCN(CCC)C(=O)c1ccsc1. The summed E-state index contributed by atoms with van der Waals surface area (Å²) in [4.78, 5) is 13.9. The second kappa shape index (κ2) is 5.81. The Kier molecular flexibility index (Phi) is 4.66. The minimum atomic E-state index is 0.176. The molecule has 1 rings (SSSR count). The maximum atomic E-state index is 11.9. The van der Waals surface area contributed by atoms with Gasteiger partial charge in [0, 0.05) is 18.5 Å². The first-order chi connectivity index (χ1) is 6.79. The van der Waals surface area contributed by atoms with Crippen LogP contribution in [-0.2, 0) is 0 Å². The van der Waals surface area contributed by atoms with Crippen LogP contribution in [0.5, 0.6) is 0 Å². The molecular weight excluding hydrogens is 194 g/mol. The minimum Gasteiger partial charge on any atom is -0.339 e. The van der Waals surface area contributed by atoms with Crippen molar-refractivity contribution in [1.82, 2.24) is 4.90 Å². The number of hydrogen-bond acceptors (Lipinski definition) is 2. The number of thiophene rings is 1. The maximum absolute atomic E-state index is 11.9. The van der Waals surface area contributed by atoms with E-state index in [1.807, 2.05) is 21.7 Å². The second-order valence-electron chi connectivity index (χ2n) is 3.30. The molecule has 2 nitrogen and oxygen atoms in total. The predicted molar refractivity (Wildman–Crippen MR) is 60.8 cm³/mol. The molecule has 0 unspecified atom stereocenters. The molecule has 0 aliphatic heterocycles. The quantitative estimate of drug-likeness (QED) is 0.733. The molecule has 1 heterocycles. The highest BCUT2D eigenvalue weighted by Crippen LogP contribution is 2.10. The van der Waals surface area contributed by atoms with Gasteiger partial charge in [0.05, 0.1) is 5.56 Å². The van der Waals surface area contributed by atoms with E-state index in [1.165, 1.54) is 0 Å². The van der Waals surface area contributed by atoms with Crippen LogP contribution in [0.15, 0.2) is 16.8 Å².